The highest BCUT2D eigenvalue weighted by atomic mass is 19.4. The Morgan fingerprint density at radius 3 is 2.51 bits per heavy atom. The third-order valence-electron chi connectivity index (χ3n) is 10.6. The number of carbonyl (C=O) groups excluding carboxylic acids is 1. The fourth-order valence-corrected chi connectivity index (χ4v) is 7.50. The Labute approximate surface area is 283 Å². The zero-order chi connectivity index (χ0) is 34.7. The first-order valence-corrected chi connectivity index (χ1v) is 16.7. The van der Waals surface area contributed by atoms with E-state index in [1.165, 1.54) is 6.08 Å². The van der Waals surface area contributed by atoms with Crippen molar-refractivity contribution in [1.29, 1.82) is 0 Å². The summed E-state index contributed by atoms with van der Waals surface area (Å²) in [5.74, 6) is 1.11. The van der Waals surface area contributed by atoms with E-state index in [0.29, 0.717) is 84.7 Å². The zero-order valence-corrected chi connectivity index (χ0v) is 28.1. The van der Waals surface area contributed by atoms with Crippen molar-refractivity contribution < 1.29 is 22.7 Å². The molecule has 49 heavy (non-hydrogen) atoms. The van der Waals surface area contributed by atoms with E-state index in [1.54, 1.807) is 12.3 Å². The summed E-state index contributed by atoms with van der Waals surface area (Å²) < 4.78 is 47.5. The van der Waals surface area contributed by atoms with Gasteiger partial charge in [-0.1, -0.05) is 32.2 Å². The molecule has 2 aromatic heterocycles. The number of aromatic nitrogens is 4. The Balaban J connectivity index is 1.39. The molecule has 13 heteroatoms. The number of piperidine rings is 1. The number of nitrogens with one attached hydrogen (secondary N) is 1. The number of likely N-dealkylation sites (tertiary alicyclic amines) is 1. The quantitative estimate of drug-likeness (QED) is 0.222. The second-order valence-electron chi connectivity index (χ2n) is 13.6. The smallest absolute Gasteiger partial charge is 0.422 e. The van der Waals surface area contributed by atoms with E-state index in [0.717, 1.165) is 35.9 Å². The number of aromatic amines is 1. The number of anilines is 2. The number of carbonyl (C=O) groups is 1. The van der Waals surface area contributed by atoms with E-state index in [2.05, 4.69) is 52.0 Å². The molecule has 1 N–H and O–H groups in total. The lowest BCUT2D eigenvalue weighted by atomic mass is 9.72. The summed E-state index contributed by atoms with van der Waals surface area (Å²) in [6, 6.07) is 6.06. The number of likely N-dealkylation sites (N-methyl/N-ethyl adjacent to an activating group) is 1. The number of halogens is 3. The molecule has 0 bridgehead atoms. The monoisotopic (exact) mass is 674 g/mol. The van der Waals surface area contributed by atoms with Crippen LogP contribution in [-0.4, -0.2) is 108 Å². The van der Waals surface area contributed by atoms with E-state index in [9.17, 15) is 18.0 Å². The first-order chi connectivity index (χ1) is 23.4. The molecule has 10 nitrogen and oxygen atoms in total. The molecular formula is C36H41F3N8O2. The van der Waals surface area contributed by atoms with Crippen molar-refractivity contribution in [2.45, 2.75) is 38.9 Å². The molecule has 1 spiro atoms. The van der Waals surface area contributed by atoms with Gasteiger partial charge in [-0.2, -0.15) is 23.3 Å². The molecule has 7 rings (SSSR count). The molecule has 0 saturated carbocycles. The highest BCUT2D eigenvalue weighted by Crippen LogP contribution is 2.48. The second-order valence-corrected chi connectivity index (χ2v) is 13.6. The SMILES string of the molecule is C=CC(=O)N1CC2(CCN(c3nc(N4CC(N(C)CC)C4)nc4c(OCC(F)(F)F)c(-c5c(C)ccc6[nH]ncc56)c(C=C)cc34)CC2)C1. The zero-order valence-electron chi connectivity index (χ0n) is 28.1. The second kappa shape index (κ2) is 12.3. The molecule has 0 unspecified atom stereocenters. The van der Waals surface area contributed by atoms with Crippen molar-refractivity contribution in [3.05, 3.63) is 54.8 Å². The number of nitrogens with zero attached hydrogens (tertiary/aromatic N) is 7. The molecule has 3 aliphatic rings. The fourth-order valence-electron chi connectivity index (χ4n) is 7.50. The third-order valence-corrected chi connectivity index (χ3v) is 10.6. The van der Waals surface area contributed by atoms with Crippen LogP contribution in [0, 0.1) is 12.3 Å². The van der Waals surface area contributed by atoms with Crippen molar-refractivity contribution in [3.8, 4) is 16.9 Å². The standard InChI is InChI=1S/C36H41F3N8O2/c1-6-23-15-25-31(32(49-21-36(37,38)39)30(23)29-22(4)9-10-27-26(29)16-40-43-27)41-34(46-17-24(18-46)44(5)8-3)42-33(25)45-13-11-35(12-14-45)19-47(20-35)28(48)7-2/h6-7,9-10,15-16,24H,1-2,8,11-14,17-21H2,3-5H3,(H,40,43). The summed E-state index contributed by atoms with van der Waals surface area (Å²) in [6.07, 6.45) is 1.81. The molecule has 0 aliphatic carbocycles. The molecule has 1 amide bonds. The van der Waals surface area contributed by atoms with Gasteiger partial charge in [-0.25, -0.2) is 4.98 Å². The van der Waals surface area contributed by atoms with Gasteiger partial charge >= 0.3 is 6.18 Å². The van der Waals surface area contributed by atoms with Gasteiger partial charge in [-0.3, -0.25) is 9.89 Å². The lowest BCUT2D eigenvalue weighted by molar-refractivity contribution is -0.153. The molecular weight excluding hydrogens is 633 g/mol. The van der Waals surface area contributed by atoms with Gasteiger partial charge in [0.2, 0.25) is 11.9 Å². The van der Waals surface area contributed by atoms with Gasteiger partial charge in [0, 0.05) is 67.1 Å². The van der Waals surface area contributed by atoms with Crippen LogP contribution in [0.2, 0.25) is 0 Å². The van der Waals surface area contributed by atoms with Gasteiger partial charge in [0.25, 0.3) is 0 Å². The van der Waals surface area contributed by atoms with Crippen molar-refractivity contribution in [2.24, 2.45) is 5.41 Å². The van der Waals surface area contributed by atoms with Crippen LogP contribution in [0.5, 0.6) is 5.75 Å². The predicted molar refractivity (Wildman–Crippen MR) is 186 cm³/mol. The Kier molecular flexibility index (Phi) is 8.28. The van der Waals surface area contributed by atoms with Crippen LogP contribution in [-0.2, 0) is 4.79 Å². The molecule has 4 aromatic rings. The summed E-state index contributed by atoms with van der Waals surface area (Å²) in [5, 5.41) is 8.56. The minimum atomic E-state index is -4.58. The van der Waals surface area contributed by atoms with Crippen molar-refractivity contribution >= 4 is 45.6 Å². The molecule has 0 atom stereocenters. The van der Waals surface area contributed by atoms with Crippen LogP contribution >= 0.6 is 0 Å². The number of rotatable bonds is 9. The Morgan fingerprint density at radius 2 is 1.86 bits per heavy atom. The highest BCUT2D eigenvalue weighted by Gasteiger charge is 2.46. The maximum atomic E-state index is 13.9. The van der Waals surface area contributed by atoms with E-state index in [1.807, 2.05) is 30.0 Å². The topological polar surface area (TPSA) is 93.7 Å². The van der Waals surface area contributed by atoms with E-state index < -0.39 is 12.8 Å². The van der Waals surface area contributed by atoms with Crippen LogP contribution in [0.3, 0.4) is 0 Å². The van der Waals surface area contributed by atoms with Gasteiger partial charge in [-0.15, -0.1) is 0 Å². The number of ether oxygens (including phenoxy) is 1. The summed E-state index contributed by atoms with van der Waals surface area (Å²) >= 11 is 0. The number of benzene rings is 2. The largest absolute Gasteiger partial charge is 0.481 e. The number of H-pyrrole nitrogens is 1. The van der Waals surface area contributed by atoms with Gasteiger partial charge in [0.15, 0.2) is 12.4 Å². The van der Waals surface area contributed by atoms with Gasteiger partial charge < -0.3 is 24.3 Å². The number of alkyl halides is 3. The Morgan fingerprint density at radius 1 is 1.12 bits per heavy atom. The normalized spacial score (nSPS) is 17.9. The predicted octanol–water partition coefficient (Wildman–Crippen LogP) is 5.82. The molecule has 258 valence electrons. The minimum Gasteiger partial charge on any atom is -0.481 e. The lowest BCUT2D eigenvalue weighted by Crippen LogP contribution is -2.61. The maximum absolute atomic E-state index is 13.9. The van der Waals surface area contributed by atoms with Crippen LogP contribution in [0.1, 0.15) is 30.9 Å². The van der Waals surface area contributed by atoms with Gasteiger partial charge in [-0.05, 0) is 68.3 Å². The van der Waals surface area contributed by atoms with Crippen LogP contribution < -0.4 is 14.5 Å². The third kappa shape index (κ3) is 5.87. The van der Waals surface area contributed by atoms with Crippen molar-refractivity contribution in [2.75, 3.05) is 69.3 Å². The number of hydrogen-bond donors (Lipinski definition) is 1. The number of fused-ring (bicyclic) bond motifs is 2. The molecule has 5 heterocycles. The first-order valence-electron chi connectivity index (χ1n) is 16.7. The number of hydrogen-bond acceptors (Lipinski definition) is 8. The van der Waals surface area contributed by atoms with Gasteiger partial charge in [0.1, 0.15) is 11.3 Å². The maximum Gasteiger partial charge on any atom is 0.422 e. The summed E-state index contributed by atoms with van der Waals surface area (Å²) in [5.41, 5.74) is 3.76. The Hall–Kier alpha value is -4.65. The summed E-state index contributed by atoms with van der Waals surface area (Å²) in [7, 11) is 2.08. The number of aryl methyl sites for hydroxylation is 1. The van der Waals surface area contributed by atoms with E-state index in [-0.39, 0.29) is 17.1 Å². The molecule has 3 saturated heterocycles. The van der Waals surface area contributed by atoms with Crippen LogP contribution in [0.15, 0.2) is 43.6 Å². The average molecular weight is 675 g/mol. The minimum absolute atomic E-state index is 0.0392. The van der Waals surface area contributed by atoms with E-state index >= 15 is 0 Å². The first kappa shape index (κ1) is 32.9. The molecule has 0 radical (unpaired) electrons. The molecule has 3 aliphatic heterocycles. The summed E-state index contributed by atoms with van der Waals surface area (Å²) in [4.78, 5) is 30.6. The fraction of sp³-hybridized carbons (Fsp3) is 0.444. The van der Waals surface area contributed by atoms with Gasteiger partial charge in [0.05, 0.1) is 11.7 Å². The highest BCUT2D eigenvalue weighted by molar-refractivity contribution is 6.07. The van der Waals surface area contributed by atoms with Crippen LogP contribution in [0.25, 0.3) is 39.0 Å². The average Bonchev–Trinajstić information content (AvgIpc) is 3.53. The number of amides is 1. The van der Waals surface area contributed by atoms with Crippen molar-refractivity contribution in [1.82, 2.24) is 30.0 Å². The van der Waals surface area contributed by atoms with Crippen molar-refractivity contribution in [3.63, 3.8) is 0 Å². The van der Waals surface area contributed by atoms with Crippen LogP contribution in [0.4, 0.5) is 24.9 Å². The molecule has 2 aromatic carbocycles. The lowest BCUT2D eigenvalue weighted by Gasteiger charge is -2.54. The Bertz CT molecular complexity index is 1930. The van der Waals surface area contributed by atoms with E-state index in [4.69, 9.17) is 14.7 Å². The summed E-state index contributed by atoms with van der Waals surface area (Å²) in [6.45, 7) is 15.3. The molecule has 3 fully saturated rings.